The molecule has 0 aromatic rings. The summed E-state index contributed by atoms with van der Waals surface area (Å²) >= 11 is 0. The van der Waals surface area contributed by atoms with E-state index in [0.29, 0.717) is 0 Å². The second-order valence-electron chi connectivity index (χ2n) is 5.43. The van der Waals surface area contributed by atoms with Crippen LogP contribution in [0.25, 0.3) is 0 Å². The van der Waals surface area contributed by atoms with Gasteiger partial charge in [0.15, 0.2) is 0 Å². The van der Waals surface area contributed by atoms with Crippen molar-refractivity contribution in [1.29, 1.82) is 0 Å². The molecule has 2 aliphatic heterocycles. The van der Waals surface area contributed by atoms with Crippen molar-refractivity contribution in [3.05, 3.63) is 0 Å². The van der Waals surface area contributed by atoms with Crippen LogP contribution in [-0.4, -0.2) is 56.1 Å². The number of hydrogen-bond donors (Lipinski definition) is 1. The summed E-state index contributed by atoms with van der Waals surface area (Å²) < 4.78 is 0. The Balaban J connectivity index is 1.46. The summed E-state index contributed by atoms with van der Waals surface area (Å²) in [5.74, 6) is 1.94. The van der Waals surface area contributed by atoms with Crippen molar-refractivity contribution < 1.29 is 0 Å². The summed E-state index contributed by atoms with van der Waals surface area (Å²) in [7, 11) is 2.21. The number of likely N-dealkylation sites (tertiary alicyclic amines) is 2. The van der Waals surface area contributed by atoms with Crippen LogP contribution in [0.4, 0.5) is 0 Å². The van der Waals surface area contributed by atoms with Crippen LogP contribution in [0.2, 0.25) is 0 Å². The number of hydrogen-bond acceptors (Lipinski definition) is 3. The highest BCUT2D eigenvalue weighted by molar-refractivity contribution is 4.83. The molecule has 15 heavy (non-hydrogen) atoms. The lowest BCUT2D eigenvalue weighted by molar-refractivity contribution is 0.0620. The van der Waals surface area contributed by atoms with E-state index in [4.69, 9.17) is 5.73 Å². The van der Waals surface area contributed by atoms with Crippen LogP contribution in [0, 0.1) is 11.8 Å². The molecule has 2 fully saturated rings. The second-order valence-corrected chi connectivity index (χ2v) is 5.43. The van der Waals surface area contributed by atoms with Gasteiger partial charge >= 0.3 is 0 Å². The van der Waals surface area contributed by atoms with Crippen molar-refractivity contribution in [2.75, 3.05) is 46.3 Å². The lowest BCUT2D eigenvalue weighted by atomic mass is 9.92. The van der Waals surface area contributed by atoms with Gasteiger partial charge in [-0.25, -0.2) is 0 Å². The zero-order valence-electron chi connectivity index (χ0n) is 9.99. The molecule has 2 aliphatic rings. The molecule has 2 saturated heterocycles. The Morgan fingerprint density at radius 1 is 1.07 bits per heavy atom. The van der Waals surface area contributed by atoms with Crippen LogP contribution in [0.15, 0.2) is 0 Å². The molecular weight excluding hydrogens is 186 g/mol. The van der Waals surface area contributed by atoms with Gasteiger partial charge in [0, 0.05) is 26.2 Å². The fourth-order valence-corrected chi connectivity index (χ4v) is 2.82. The normalized spacial score (nSPS) is 25.2. The van der Waals surface area contributed by atoms with Gasteiger partial charge in [0.05, 0.1) is 0 Å². The maximum Gasteiger partial charge on any atom is 0.00220 e. The first-order valence-corrected chi connectivity index (χ1v) is 6.39. The minimum Gasteiger partial charge on any atom is -0.330 e. The van der Waals surface area contributed by atoms with Crippen LogP contribution >= 0.6 is 0 Å². The number of nitrogens with zero attached hydrogens (tertiary/aromatic N) is 2. The average Bonchev–Trinajstić information content (AvgIpc) is 2.11. The molecule has 0 aromatic carbocycles. The van der Waals surface area contributed by atoms with Crippen molar-refractivity contribution in [2.45, 2.75) is 19.3 Å². The molecule has 0 bridgehead atoms. The highest BCUT2D eigenvalue weighted by Gasteiger charge is 2.28. The molecular formula is C12H25N3. The first-order chi connectivity index (χ1) is 7.28. The molecule has 88 valence electrons. The van der Waals surface area contributed by atoms with Crippen LogP contribution in [0.3, 0.4) is 0 Å². The Morgan fingerprint density at radius 2 is 1.73 bits per heavy atom. The van der Waals surface area contributed by atoms with E-state index in [-0.39, 0.29) is 0 Å². The van der Waals surface area contributed by atoms with E-state index in [0.717, 1.165) is 18.4 Å². The molecule has 2 rings (SSSR count). The summed E-state index contributed by atoms with van der Waals surface area (Å²) in [5, 5.41) is 0. The SMILES string of the molecule is CN1CC(CCN2CC(CCCN)C2)C1. The molecule has 0 atom stereocenters. The first-order valence-electron chi connectivity index (χ1n) is 6.39. The molecule has 3 heteroatoms. The second kappa shape index (κ2) is 5.28. The van der Waals surface area contributed by atoms with Gasteiger partial charge in [-0.1, -0.05) is 0 Å². The molecule has 0 spiro atoms. The molecule has 0 saturated carbocycles. The lowest BCUT2D eigenvalue weighted by Gasteiger charge is -2.42. The first kappa shape index (κ1) is 11.4. The van der Waals surface area contributed by atoms with Crippen LogP contribution in [0.1, 0.15) is 19.3 Å². The van der Waals surface area contributed by atoms with Crippen molar-refractivity contribution in [1.82, 2.24) is 9.80 Å². The van der Waals surface area contributed by atoms with Crippen molar-refractivity contribution in [2.24, 2.45) is 17.6 Å². The zero-order chi connectivity index (χ0) is 10.7. The van der Waals surface area contributed by atoms with Gasteiger partial charge in [0.2, 0.25) is 0 Å². The van der Waals surface area contributed by atoms with Crippen molar-refractivity contribution in [3.63, 3.8) is 0 Å². The third-order valence-electron chi connectivity index (χ3n) is 3.84. The van der Waals surface area contributed by atoms with E-state index in [1.165, 1.54) is 52.0 Å². The molecule has 2 heterocycles. The van der Waals surface area contributed by atoms with E-state index in [2.05, 4.69) is 16.8 Å². The van der Waals surface area contributed by atoms with Gasteiger partial charge in [-0.2, -0.15) is 0 Å². The standard InChI is InChI=1S/C12H25N3/c1-14-7-12(8-14)4-6-15-9-11(10-15)3-2-5-13/h11-12H,2-10,13H2,1H3. The number of rotatable bonds is 6. The minimum absolute atomic E-state index is 0.866. The summed E-state index contributed by atoms with van der Waals surface area (Å²) in [6.07, 6.45) is 3.97. The van der Waals surface area contributed by atoms with Gasteiger partial charge in [0.1, 0.15) is 0 Å². The minimum atomic E-state index is 0.866. The van der Waals surface area contributed by atoms with Crippen LogP contribution in [0.5, 0.6) is 0 Å². The Morgan fingerprint density at radius 3 is 2.33 bits per heavy atom. The summed E-state index contributed by atoms with van der Waals surface area (Å²) in [6, 6.07) is 0. The van der Waals surface area contributed by atoms with Crippen molar-refractivity contribution >= 4 is 0 Å². The van der Waals surface area contributed by atoms with Crippen LogP contribution in [-0.2, 0) is 0 Å². The van der Waals surface area contributed by atoms with Gasteiger partial charge in [0.25, 0.3) is 0 Å². The van der Waals surface area contributed by atoms with E-state index < -0.39 is 0 Å². The molecule has 0 unspecified atom stereocenters. The van der Waals surface area contributed by atoms with E-state index in [9.17, 15) is 0 Å². The molecule has 2 N–H and O–H groups in total. The number of nitrogens with two attached hydrogens (primary N) is 1. The maximum atomic E-state index is 5.51. The lowest BCUT2D eigenvalue weighted by Crippen LogP contribution is -2.50. The fraction of sp³-hybridized carbons (Fsp3) is 1.00. The quantitative estimate of drug-likeness (QED) is 0.698. The highest BCUT2D eigenvalue weighted by atomic mass is 15.2. The molecule has 0 aromatic heterocycles. The highest BCUT2D eigenvalue weighted by Crippen LogP contribution is 2.23. The molecule has 3 nitrogen and oxygen atoms in total. The summed E-state index contributed by atoms with van der Waals surface area (Å²) in [6.45, 7) is 7.52. The Kier molecular flexibility index (Phi) is 4.00. The monoisotopic (exact) mass is 211 g/mol. The van der Waals surface area contributed by atoms with Crippen LogP contribution < -0.4 is 5.73 Å². The zero-order valence-corrected chi connectivity index (χ0v) is 9.99. The third-order valence-corrected chi connectivity index (χ3v) is 3.84. The van der Waals surface area contributed by atoms with Gasteiger partial charge in [-0.3, -0.25) is 0 Å². The summed E-state index contributed by atoms with van der Waals surface area (Å²) in [5.41, 5.74) is 5.51. The van der Waals surface area contributed by atoms with Gasteiger partial charge in [-0.05, 0) is 51.2 Å². The Bertz CT molecular complexity index is 183. The Hall–Kier alpha value is -0.120. The van der Waals surface area contributed by atoms with Gasteiger partial charge < -0.3 is 15.5 Å². The van der Waals surface area contributed by atoms with E-state index in [1.807, 2.05) is 0 Å². The maximum absolute atomic E-state index is 5.51. The van der Waals surface area contributed by atoms with Crippen molar-refractivity contribution in [3.8, 4) is 0 Å². The summed E-state index contributed by atoms with van der Waals surface area (Å²) in [4.78, 5) is 5.02. The average molecular weight is 211 g/mol. The predicted molar refractivity (Wildman–Crippen MR) is 63.8 cm³/mol. The Labute approximate surface area is 93.6 Å². The largest absolute Gasteiger partial charge is 0.330 e. The molecule has 0 aliphatic carbocycles. The topological polar surface area (TPSA) is 32.5 Å². The fourth-order valence-electron chi connectivity index (χ4n) is 2.82. The smallest absolute Gasteiger partial charge is 0.00220 e. The molecule has 0 amide bonds. The molecule has 0 radical (unpaired) electrons. The predicted octanol–water partition coefficient (Wildman–Crippen LogP) is 0.609. The van der Waals surface area contributed by atoms with Gasteiger partial charge in [-0.15, -0.1) is 0 Å². The third kappa shape index (κ3) is 3.16. The van der Waals surface area contributed by atoms with E-state index in [1.54, 1.807) is 0 Å². The van der Waals surface area contributed by atoms with E-state index >= 15 is 0 Å².